The van der Waals surface area contributed by atoms with Crippen LogP contribution in [0.2, 0.25) is 0 Å². The Morgan fingerprint density at radius 3 is 2.68 bits per heavy atom. The Hall–Kier alpha value is -2.96. The zero-order valence-electron chi connectivity index (χ0n) is 16.3. The molecule has 1 fully saturated rings. The lowest BCUT2D eigenvalue weighted by molar-refractivity contribution is 0.301. The van der Waals surface area contributed by atoms with E-state index in [4.69, 9.17) is 14.7 Å². The molecule has 3 aromatic rings. The summed E-state index contributed by atoms with van der Waals surface area (Å²) in [5.41, 5.74) is 3.40. The molecule has 0 bridgehead atoms. The molecule has 1 N–H and O–H groups in total. The van der Waals surface area contributed by atoms with Crippen molar-refractivity contribution in [3.63, 3.8) is 0 Å². The van der Waals surface area contributed by atoms with E-state index in [1.807, 2.05) is 26.0 Å². The third-order valence-electron chi connectivity index (χ3n) is 5.66. The number of hydrogen-bond acceptors (Lipinski definition) is 6. The molecule has 0 radical (unpaired) electrons. The number of H-pyrrole nitrogens is 1. The Morgan fingerprint density at radius 1 is 1.07 bits per heavy atom. The molecular weight excluding hydrogens is 352 g/mol. The second-order valence-electron chi connectivity index (χ2n) is 7.63. The minimum absolute atomic E-state index is 0.409. The molecule has 0 atom stereocenters. The van der Waals surface area contributed by atoms with Crippen LogP contribution in [0.5, 0.6) is 5.75 Å². The van der Waals surface area contributed by atoms with Gasteiger partial charge in [0.25, 0.3) is 0 Å². The second kappa shape index (κ2) is 6.89. The summed E-state index contributed by atoms with van der Waals surface area (Å²) in [5.74, 6) is 5.04. The number of piperidine rings is 1. The van der Waals surface area contributed by atoms with Gasteiger partial charge in [-0.3, -0.25) is 5.10 Å². The standard InChI is InChI=1S/C21H24N6O/c1-13-22-18-12-28-19-6-4-3-5-16(19)11-17(18)21(24-13)27-9-7-15(8-10-27)20-23-14(2)25-26-20/h3-6,15H,7-12H2,1-2H3,(H,23,25,26). The van der Waals surface area contributed by atoms with Crippen LogP contribution in [-0.2, 0) is 13.0 Å². The first kappa shape index (κ1) is 17.2. The highest BCUT2D eigenvalue weighted by Crippen LogP contribution is 2.34. The van der Waals surface area contributed by atoms with Crippen LogP contribution in [0.15, 0.2) is 24.3 Å². The van der Waals surface area contributed by atoms with Crippen molar-refractivity contribution in [2.24, 2.45) is 0 Å². The van der Waals surface area contributed by atoms with Crippen molar-refractivity contribution in [1.82, 2.24) is 25.1 Å². The number of hydrogen-bond donors (Lipinski definition) is 1. The third-order valence-corrected chi connectivity index (χ3v) is 5.66. The van der Waals surface area contributed by atoms with E-state index in [0.29, 0.717) is 12.5 Å². The van der Waals surface area contributed by atoms with Crippen LogP contribution < -0.4 is 9.64 Å². The number of anilines is 1. The predicted molar refractivity (Wildman–Crippen MR) is 106 cm³/mol. The molecule has 5 rings (SSSR count). The molecule has 4 heterocycles. The van der Waals surface area contributed by atoms with Gasteiger partial charge in [-0.25, -0.2) is 15.0 Å². The highest BCUT2D eigenvalue weighted by Gasteiger charge is 2.28. The number of nitrogens with one attached hydrogen (secondary N) is 1. The number of para-hydroxylation sites is 1. The molecular formula is C21H24N6O. The molecule has 1 saturated heterocycles. The first-order valence-corrected chi connectivity index (χ1v) is 9.88. The van der Waals surface area contributed by atoms with E-state index < -0.39 is 0 Å². The van der Waals surface area contributed by atoms with Crippen molar-refractivity contribution >= 4 is 5.82 Å². The van der Waals surface area contributed by atoms with Crippen molar-refractivity contribution in [2.45, 2.75) is 45.6 Å². The van der Waals surface area contributed by atoms with E-state index in [-0.39, 0.29) is 0 Å². The summed E-state index contributed by atoms with van der Waals surface area (Å²) in [4.78, 5) is 16.5. The van der Waals surface area contributed by atoms with Crippen LogP contribution in [0, 0.1) is 13.8 Å². The average molecular weight is 376 g/mol. The van der Waals surface area contributed by atoms with Gasteiger partial charge in [-0.1, -0.05) is 18.2 Å². The Kier molecular flexibility index (Phi) is 4.22. The summed E-state index contributed by atoms with van der Waals surface area (Å²) in [5, 5.41) is 7.33. The first-order chi connectivity index (χ1) is 13.7. The summed E-state index contributed by atoms with van der Waals surface area (Å²) in [7, 11) is 0. The van der Waals surface area contributed by atoms with Gasteiger partial charge in [0, 0.05) is 31.0 Å². The number of aromatic amines is 1. The zero-order valence-corrected chi connectivity index (χ0v) is 16.3. The minimum atomic E-state index is 0.409. The van der Waals surface area contributed by atoms with E-state index in [0.717, 1.165) is 67.1 Å². The largest absolute Gasteiger partial charge is 0.487 e. The topological polar surface area (TPSA) is 79.8 Å². The van der Waals surface area contributed by atoms with Crippen LogP contribution in [0.1, 0.15) is 53.1 Å². The highest BCUT2D eigenvalue weighted by atomic mass is 16.5. The van der Waals surface area contributed by atoms with Crippen LogP contribution in [0.4, 0.5) is 5.82 Å². The van der Waals surface area contributed by atoms with E-state index in [1.165, 1.54) is 11.1 Å². The van der Waals surface area contributed by atoms with Gasteiger partial charge in [0.2, 0.25) is 0 Å². The summed E-state index contributed by atoms with van der Waals surface area (Å²) in [6.07, 6.45) is 2.87. The van der Waals surface area contributed by atoms with Gasteiger partial charge in [0.15, 0.2) is 5.82 Å². The normalized spacial score (nSPS) is 16.9. The lowest BCUT2D eigenvalue weighted by Crippen LogP contribution is -2.35. The minimum Gasteiger partial charge on any atom is -0.487 e. The molecule has 1 aromatic carbocycles. The zero-order chi connectivity index (χ0) is 19.1. The summed E-state index contributed by atoms with van der Waals surface area (Å²) in [6.45, 7) is 6.30. The summed E-state index contributed by atoms with van der Waals surface area (Å²) in [6, 6.07) is 8.24. The fourth-order valence-electron chi connectivity index (χ4n) is 4.22. The number of nitrogens with zero attached hydrogens (tertiary/aromatic N) is 5. The fraction of sp³-hybridized carbons (Fsp3) is 0.429. The average Bonchev–Trinajstić information content (AvgIpc) is 3.06. The SMILES string of the molecule is Cc1nc2c(c(N3CCC(c4n[nH]c(C)n4)CC3)n1)Cc1ccccc1OC2. The molecule has 28 heavy (non-hydrogen) atoms. The number of benzene rings is 1. The number of fused-ring (bicyclic) bond motifs is 2. The van der Waals surface area contributed by atoms with Crippen molar-refractivity contribution < 1.29 is 4.74 Å². The van der Waals surface area contributed by atoms with E-state index in [9.17, 15) is 0 Å². The van der Waals surface area contributed by atoms with Gasteiger partial charge < -0.3 is 9.64 Å². The van der Waals surface area contributed by atoms with Crippen molar-refractivity contribution in [1.29, 1.82) is 0 Å². The maximum atomic E-state index is 6.02. The molecule has 2 aromatic heterocycles. The Morgan fingerprint density at radius 2 is 1.89 bits per heavy atom. The van der Waals surface area contributed by atoms with E-state index in [2.05, 4.69) is 32.2 Å². The van der Waals surface area contributed by atoms with E-state index >= 15 is 0 Å². The lowest BCUT2D eigenvalue weighted by atomic mass is 9.95. The third kappa shape index (κ3) is 3.10. The Labute approximate surface area is 164 Å². The number of aromatic nitrogens is 5. The van der Waals surface area contributed by atoms with Gasteiger partial charge >= 0.3 is 0 Å². The van der Waals surface area contributed by atoms with Gasteiger partial charge in [-0.15, -0.1) is 0 Å². The first-order valence-electron chi connectivity index (χ1n) is 9.88. The van der Waals surface area contributed by atoms with Crippen molar-refractivity contribution in [3.8, 4) is 5.75 Å². The molecule has 7 nitrogen and oxygen atoms in total. The van der Waals surface area contributed by atoms with Crippen molar-refractivity contribution in [3.05, 3.63) is 58.6 Å². The van der Waals surface area contributed by atoms with Gasteiger partial charge in [-0.05, 0) is 38.3 Å². The number of ether oxygens (including phenoxy) is 1. The van der Waals surface area contributed by atoms with Crippen LogP contribution >= 0.6 is 0 Å². The molecule has 2 aliphatic heterocycles. The molecule has 0 amide bonds. The molecule has 144 valence electrons. The van der Waals surface area contributed by atoms with Gasteiger partial charge in [0.1, 0.15) is 29.8 Å². The predicted octanol–water partition coefficient (Wildman–Crippen LogP) is 3.08. The molecule has 7 heteroatoms. The molecule has 0 unspecified atom stereocenters. The molecule has 0 spiro atoms. The maximum absolute atomic E-state index is 6.02. The highest BCUT2D eigenvalue weighted by molar-refractivity contribution is 5.54. The lowest BCUT2D eigenvalue weighted by Gasteiger charge is -2.33. The Balaban J connectivity index is 1.43. The van der Waals surface area contributed by atoms with Crippen LogP contribution in [0.3, 0.4) is 0 Å². The van der Waals surface area contributed by atoms with Gasteiger partial charge in [-0.2, -0.15) is 5.10 Å². The van der Waals surface area contributed by atoms with Crippen LogP contribution in [0.25, 0.3) is 0 Å². The molecule has 2 aliphatic rings. The van der Waals surface area contributed by atoms with E-state index in [1.54, 1.807) is 0 Å². The smallest absolute Gasteiger partial charge is 0.153 e. The monoisotopic (exact) mass is 376 g/mol. The van der Waals surface area contributed by atoms with Gasteiger partial charge in [0.05, 0.1) is 5.69 Å². The molecule has 0 aliphatic carbocycles. The maximum Gasteiger partial charge on any atom is 0.153 e. The second-order valence-corrected chi connectivity index (χ2v) is 7.63. The fourth-order valence-corrected chi connectivity index (χ4v) is 4.22. The molecule has 0 saturated carbocycles. The summed E-state index contributed by atoms with van der Waals surface area (Å²) < 4.78 is 6.02. The van der Waals surface area contributed by atoms with Crippen molar-refractivity contribution in [2.75, 3.05) is 18.0 Å². The number of rotatable bonds is 2. The summed E-state index contributed by atoms with van der Waals surface area (Å²) >= 11 is 0. The number of aryl methyl sites for hydroxylation is 2. The Bertz CT molecular complexity index is 1010. The van der Waals surface area contributed by atoms with Crippen LogP contribution in [-0.4, -0.2) is 38.2 Å². The quantitative estimate of drug-likeness (QED) is 0.740.